The summed E-state index contributed by atoms with van der Waals surface area (Å²) in [5, 5.41) is 0. The minimum Gasteiger partial charge on any atom is -0.321 e. The van der Waals surface area contributed by atoms with Crippen molar-refractivity contribution < 1.29 is 0 Å². The molecule has 3 unspecified atom stereocenters. The normalized spacial score (nSPS) is 21.0. The van der Waals surface area contributed by atoms with Gasteiger partial charge in [0.05, 0.1) is 11.7 Å². The van der Waals surface area contributed by atoms with Crippen molar-refractivity contribution in [1.82, 2.24) is 0 Å². The zero-order valence-electron chi connectivity index (χ0n) is 38.6. The van der Waals surface area contributed by atoms with E-state index in [0.29, 0.717) is 5.92 Å². The van der Waals surface area contributed by atoms with Crippen LogP contribution in [0.4, 0.5) is 0 Å². The van der Waals surface area contributed by atoms with Gasteiger partial charge in [0, 0.05) is 11.3 Å². The van der Waals surface area contributed by atoms with Crippen LogP contribution in [0.15, 0.2) is 235 Å². The summed E-state index contributed by atoms with van der Waals surface area (Å²) < 4.78 is 0. The monoisotopic (exact) mass is 858 g/mol. The Kier molecular flexibility index (Phi) is 14.9. The third kappa shape index (κ3) is 9.76. The van der Waals surface area contributed by atoms with Crippen molar-refractivity contribution in [2.24, 2.45) is 10.7 Å². The Hall–Kier alpha value is -7.13. The maximum absolute atomic E-state index is 6.55. The van der Waals surface area contributed by atoms with E-state index < -0.39 is 0 Å². The van der Waals surface area contributed by atoms with Crippen LogP contribution < -0.4 is 5.73 Å². The van der Waals surface area contributed by atoms with Crippen molar-refractivity contribution in [3.63, 3.8) is 0 Å². The largest absolute Gasteiger partial charge is 0.321 e. The van der Waals surface area contributed by atoms with Crippen molar-refractivity contribution >= 4 is 18.5 Å². The highest BCUT2D eigenvalue weighted by Crippen LogP contribution is 2.58. The number of benzene rings is 5. The van der Waals surface area contributed by atoms with E-state index in [1.165, 1.54) is 74.1 Å². The first-order valence-corrected chi connectivity index (χ1v) is 23.6. The summed E-state index contributed by atoms with van der Waals surface area (Å²) in [5.41, 5.74) is 25.5. The van der Waals surface area contributed by atoms with E-state index >= 15 is 0 Å². The lowest BCUT2D eigenvalue weighted by atomic mass is 9.67. The maximum atomic E-state index is 6.55. The summed E-state index contributed by atoms with van der Waals surface area (Å²) in [5.74, 6) is 0.603. The molecular formula is C64H62N2. The number of nitrogens with two attached hydrogens (primary N) is 1. The van der Waals surface area contributed by atoms with Crippen LogP contribution in [-0.2, 0) is 18.3 Å². The average Bonchev–Trinajstić information content (AvgIpc) is 3.64. The van der Waals surface area contributed by atoms with Crippen molar-refractivity contribution in [3.8, 4) is 22.3 Å². The Morgan fingerprint density at radius 3 is 2.21 bits per heavy atom. The lowest BCUT2D eigenvalue weighted by molar-refractivity contribution is 0.638. The van der Waals surface area contributed by atoms with Crippen molar-refractivity contribution in [2.75, 3.05) is 0 Å². The lowest BCUT2D eigenvalue weighted by Gasteiger charge is -2.35. The van der Waals surface area contributed by atoms with Gasteiger partial charge in [0.25, 0.3) is 0 Å². The van der Waals surface area contributed by atoms with E-state index in [1.807, 2.05) is 48.6 Å². The third-order valence-corrected chi connectivity index (χ3v) is 13.5. The van der Waals surface area contributed by atoms with E-state index in [4.69, 9.17) is 5.73 Å². The number of rotatable bonds is 11. The Balaban J connectivity index is 0.000000390. The molecule has 5 aromatic carbocycles. The molecule has 0 saturated heterocycles. The molecule has 0 heterocycles. The van der Waals surface area contributed by atoms with Crippen molar-refractivity contribution in [3.05, 3.63) is 275 Å². The van der Waals surface area contributed by atoms with Gasteiger partial charge >= 0.3 is 0 Å². The van der Waals surface area contributed by atoms with E-state index in [1.54, 1.807) is 0 Å². The van der Waals surface area contributed by atoms with Gasteiger partial charge in [0.2, 0.25) is 0 Å². The van der Waals surface area contributed by atoms with E-state index in [0.717, 1.165) is 48.1 Å². The summed E-state index contributed by atoms with van der Waals surface area (Å²) in [6.45, 7) is 12.0. The highest BCUT2D eigenvalue weighted by Gasteiger charge is 2.46. The summed E-state index contributed by atoms with van der Waals surface area (Å²) in [4.78, 5) is 4.37. The second-order valence-electron chi connectivity index (χ2n) is 17.5. The minimum atomic E-state index is -0.369. The Morgan fingerprint density at radius 1 is 0.727 bits per heavy atom. The first-order valence-electron chi connectivity index (χ1n) is 23.6. The molecule has 2 nitrogen and oxygen atoms in total. The van der Waals surface area contributed by atoms with E-state index in [9.17, 15) is 0 Å². The SMILES string of the molecule is C=C\C=C/C=C\C1=C\C=C/C=C\CC12c1cc(-c3ccc(/C(=C/C(N)c4ccccc4)N=C)cc3)ccc1-c1c2cc(/C=C\C=C/C)c2c1CCCC2.CC1=CC=CCC1c1ccccc1. The quantitative estimate of drug-likeness (QED) is 0.104. The molecule has 0 radical (unpaired) electrons. The number of aliphatic imine (C=N–C) groups is 1. The predicted molar refractivity (Wildman–Crippen MR) is 286 cm³/mol. The van der Waals surface area contributed by atoms with Gasteiger partial charge in [-0.15, -0.1) is 0 Å². The van der Waals surface area contributed by atoms with Crippen LogP contribution in [0, 0.1) is 0 Å². The average molecular weight is 859 g/mol. The van der Waals surface area contributed by atoms with Gasteiger partial charge in [0.1, 0.15) is 0 Å². The summed E-state index contributed by atoms with van der Waals surface area (Å²) in [6, 6.07) is 38.9. The molecule has 66 heavy (non-hydrogen) atoms. The molecule has 9 rings (SSSR count). The van der Waals surface area contributed by atoms with Gasteiger partial charge < -0.3 is 5.73 Å². The maximum Gasteiger partial charge on any atom is 0.0673 e. The fraction of sp³-hybridized carbons (Fsp3) is 0.172. The molecule has 0 fully saturated rings. The fourth-order valence-electron chi connectivity index (χ4n) is 10.2. The third-order valence-electron chi connectivity index (χ3n) is 13.5. The minimum absolute atomic E-state index is 0.271. The second-order valence-corrected chi connectivity index (χ2v) is 17.5. The van der Waals surface area contributed by atoms with E-state index in [2.05, 4.69) is 202 Å². The zero-order chi connectivity index (χ0) is 45.7. The molecule has 0 bridgehead atoms. The van der Waals surface area contributed by atoms with Crippen LogP contribution in [0.3, 0.4) is 0 Å². The predicted octanol–water partition coefficient (Wildman–Crippen LogP) is 16.2. The molecule has 0 amide bonds. The van der Waals surface area contributed by atoms with Crippen LogP contribution in [0.5, 0.6) is 0 Å². The molecular weight excluding hydrogens is 797 g/mol. The fourth-order valence-corrected chi connectivity index (χ4v) is 10.2. The van der Waals surface area contributed by atoms with Crippen LogP contribution in [-0.4, -0.2) is 6.72 Å². The highest BCUT2D eigenvalue weighted by atomic mass is 14.7. The molecule has 4 aliphatic carbocycles. The highest BCUT2D eigenvalue weighted by molar-refractivity contribution is 5.90. The molecule has 4 aliphatic rings. The molecule has 2 heteroatoms. The van der Waals surface area contributed by atoms with Crippen LogP contribution in [0.1, 0.15) is 96.0 Å². The van der Waals surface area contributed by atoms with Gasteiger partial charge in [-0.1, -0.05) is 213 Å². The number of hydrogen-bond donors (Lipinski definition) is 1. The van der Waals surface area contributed by atoms with Crippen molar-refractivity contribution in [1.29, 1.82) is 0 Å². The Labute approximate surface area is 394 Å². The Morgan fingerprint density at radius 2 is 1.47 bits per heavy atom. The molecule has 2 N–H and O–H groups in total. The molecule has 3 atom stereocenters. The molecule has 1 spiro atoms. The molecule has 0 aliphatic heterocycles. The zero-order valence-corrected chi connectivity index (χ0v) is 38.6. The standard InChI is InChI=1S/C51H48N2.C13H14/c1-4-6-8-15-23-42-24-16-9-10-19-33-51(42)46-34-40(37-27-29-39(30-28-37)49(53-3)36-48(52)38-20-13-11-14-21-38)31-32-45(46)50-44-26-18-17-25-43(44)41(35-47(50)51)22-12-7-5-2;1-11-7-5-6-10-13(11)12-8-3-2-4-9-12/h4-16,19-24,27-32,34-36,48H,1,3,17-18,25-26,33,52H2,2H3;2-9,13H,10H2,1H3/b7-5-,8-6-,16-9-,19-10-,22-12-,23-15-,42-24-,49-36-;. The summed E-state index contributed by atoms with van der Waals surface area (Å²) in [7, 11) is 0. The number of allylic oxidation sites excluding steroid dienone is 18. The van der Waals surface area contributed by atoms with Gasteiger partial charge in [-0.05, 0) is 150 Å². The van der Waals surface area contributed by atoms with Crippen LogP contribution >= 0.6 is 0 Å². The molecule has 0 saturated carbocycles. The van der Waals surface area contributed by atoms with Crippen LogP contribution in [0.25, 0.3) is 34.0 Å². The smallest absolute Gasteiger partial charge is 0.0673 e. The topological polar surface area (TPSA) is 38.4 Å². The van der Waals surface area contributed by atoms with Crippen LogP contribution in [0.2, 0.25) is 0 Å². The van der Waals surface area contributed by atoms with Gasteiger partial charge in [-0.2, -0.15) is 0 Å². The summed E-state index contributed by atoms with van der Waals surface area (Å²) in [6.07, 6.45) is 45.5. The Bertz CT molecular complexity index is 2850. The second kappa shape index (κ2) is 21.7. The first kappa shape index (κ1) is 45.4. The molecule has 0 aromatic heterocycles. The van der Waals surface area contributed by atoms with Gasteiger partial charge in [-0.3, -0.25) is 4.99 Å². The summed E-state index contributed by atoms with van der Waals surface area (Å²) >= 11 is 0. The number of nitrogens with zero attached hydrogens (tertiary/aromatic N) is 1. The number of hydrogen-bond acceptors (Lipinski definition) is 2. The first-order chi connectivity index (χ1) is 32.5. The molecule has 328 valence electrons. The van der Waals surface area contributed by atoms with Gasteiger partial charge in [0.15, 0.2) is 0 Å². The lowest BCUT2D eigenvalue weighted by Crippen LogP contribution is -2.27. The molecule has 5 aromatic rings. The van der Waals surface area contributed by atoms with Gasteiger partial charge in [-0.25, -0.2) is 0 Å². The van der Waals surface area contributed by atoms with Crippen molar-refractivity contribution in [2.45, 2.75) is 69.7 Å². The van der Waals surface area contributed by atoms with E-state index in [-0.39, 0.29) is 11.5 Å². The number of fused-ring (bicyclic) bond motifs is 7.